The normalized spacial score (nSPS) is 10.9. The molecule has 0 heterocycles. The van der Waals surface area contributed by atoms with Crippen molar-refractivity contribution >= 4 is 17.9 Å². The maximum Gasteiger partial charge on any atom is 0.281 e. The van der Waals surface area contributed by atoms with E-state index in [0.717, 1.165) is 0 Å². The van der Waals surface area contributed by atoms with Crippen LogP contribution < -0.4 is 16.6 Å². The van der Waals surface area contributed by atoms with Crippen LogP contribution in [0.2, 0.25) is 0 Å². The zero-order valence-electron chi connectivity index (χ0n) is 11.5. The van der Waals surface area contributed by atoms with Gasteiger partial charge in [-0.3, -0.25) is 15.0 Å². The number of amides is 2. The number of halogens is 1. The Morgan fingerprint density at radius 2 is 1.64 bits per heavy atom. The molecule has 0 fully saturated rings. The van der Waals surface area contributed by atoms with Gasteiger partial charge in [-0.2, -0.15) is 0 Å². The van der Waals surface area contributed by atoms with E-state index in [1.807, 2.05) is 5.43 Å². The van der Waals surface area contributed by atoms with Crippen LogP contribution in [-0.4, -0.2) is 11.8 Å². The van der Waals surface area contributed by atoms with Gasteiger partial charge in [-0.25, -0.2) is 10.2 Å². The number of carbonyl (C=O) groups excluding carboxylic acids is 2. The summed E-state index contributed by atoms with van der Waals surface area (Å²) in [6.07, 6.45) is 1.41. The lowest BCUT2D eigenvalue weighted by molar-refractivity contribution is -0.117. The van der Waals surface area contributed by atoms with Gasteiger partial charge < -0.3 is 5.32 Å². The molecule has 5 nitrogen and oxygen atoms in total. The molecule has 0 radical (unpaired) electrons. The van der Waals surface area contributed by atoms with Gasteiger partial charge in [0.25, 0.3) is 11.8 Å². The summed E-state index contributed by atoms with van der Waals surface area (Å²) >= 11 is 0. The standard InChI is InChI=1S/C16H14FN3O2/c17-13-8-6-11(7-9-13)10-14(16(22)20-18)19-15(21)12-4-2-1-3-5-12/h1-10H,18H2,(H,19,21)(H,20,22)/b14-10-. The third-order valence-corrected chi connectivity index (χ3v) is 2.84. The molecule has 2 rings (SSSR count). The van der Waals surface area contributed by atoms with Crippen molar-refractivity contribution in [2.75, 3.05) is 0 Å². The number of nitrogens with two attached hydrogens (primary N) is 1. The molecular weight excluding hydrogens is 285 g/mol. The third-order valence-electron chi connectivity index (χ3n) is 2.84. The second kappa shape index (κ2) is 7.14. The van der Waals surface area contributed by atoms with Gasteiger partial charge in [-0.1, -0.05) is 30.3 Å². The van der Waals surface area contributed by atoms with E-state index in [0.29, 0.717) is 11.1 Å². The highest BCUT2D eigenvalue weighted by atomic mass is 19.1. The molecule has 0 saturated carbocycles. The lowest BCUT2D eigenvalue weighted by Crippen LogP contribution is -2.38. The summed E-state index contributed by atoms with van der Waals surface area (Å²) in [6, 6.07) is 13.9. The minimum absolute atomic E-state index is 0.0389. The quantitative estimate of drug-likeness (QED) is 0.347. The number of nitrogens with one attached hydrogen (secondary N) is 2. The van der Waals surface area contributed by atoms with Gasteiger partial charge in [-0.15, -0.1) is 0 Å². The molecule has 0 aliphatic rings. The Labute approximate surface area is 126 Å². The zero-order chi connectivity index (χ0) is 15.9. The van der Waals surface area contributed by atoms with E-state index in [9.17, 15) is 14.0 Å². The molecule has 0 saturated heterocycles. The molecule has 2 amide bonds. The number of carbonyl (C=O) groups is 2. The summed E-state index contributed by atoms with van der Waals surface area (Å²) in [5.74, 6) is 3.61. The molecule has 2 aromatic rings. The highest BCUT2D eigenvalue weighted by Gasteiger charge is 2.13. The Balaban J connectivity index is 2.25. The van der Waals surface area contributed by atoms with E-state index in [4.69, 9.17) is 5.84 Å². The van der Waals surface area contributed by atoms with Gasteiger partial charge in [0.15, 0.2) is 0 Å². The van der Waals surface area contributed by atoms with Crippen LogP contribution in [0.1, 0.15) is 15.9 Å². The fourth-order valence-corrected chi connectivity index (χ4v) is 1.75. The summed E-state index contributed by atoms with van der Waals surface area (Å²) in [5.41, 5.74) is 2.87. The lowest BCUT2D eigenvalue weighted by Gasteiger charge is -2.09. The van der Waals surface area contributed by atoms with Crippen molar-refractivity contribution in [3.8, 4) is 0 Å². The first-order valence-electron chi connectivity index (χ1n) is 6.45. The SMILES string of the molecule is NNC(=O)/C(=C/c1ccc(F)cc1)NC(=O)c1ccccc1. The largest absolute Gasteiger partial charge is 0.317 e. The summed E-state index contributed by atoms with van der Waals surface area (Å²) in [4.78, 5) is 23.8. The van der Waals surface area contributed by atoms with Crippen molar-refractivity contribution in [3.63, 3.8) is 0 Å². The second-order valence-electron chi connectivity index (χ2n) is 4.40. The Hall–Kier alpha value is -2.99. The average Bonchev–Trinajstić information content (AvgIpc) is 2.56. The number of hydrogen-bond acceptors (Lipinski definition) is 3. The molecule has 22 heavy (non-hydrogen) atoms. The molecule has 112 valence electrons. The summed E-state index contributed by atoms with van der Waals surface area (Å²) in [5, 5.41) is 2.48. The van der Waals surface area contributed by atoms with Crippen molar-refractivity contribution in [3.05, 3.63) is 77.2 Å². The predicted molar refractivity (Wildman–Crippen MR) is 80.6 cm³/mol. The van der Waals surface area contributed by atoms with Crippen molar-refractivity contribution in [1.82, 2.24) is 10.7 Å². The number of rotatable bonds is 4. The average molecular weight is 299 g/mol. The van der Waals surface area contributed by atoms with Gasteiger partial charge in [-0.05, 0) is 35.9 Å². The van der Waals surface area contributed by atoms with Crippen LogP contribution in [0.4, 0.5) is 4.39 Å². The van der Waals surface area contributed by atoms with Crippen LogP contribution in [0.15, 0.2) is 60.3 Å². The maximum atomic E-state index is 12.9. The molecule has 0 unspecified atom stereocenters. The van der Waals surface area contributed by atoms with Crippen molar-refractivity contribution in [1.29, 1.82) is 0 Å². The molecule has 0 atom stereocenters. The summed E-state index contributed by atoms with van der Waals surface area (Å²) in [6.45, 7) is 0. The Morgan fingerprint density at radius 3 is 2.23 bits per heavy atom. The zero-order valence-corrected chi connectivity index (χ0v) is 11.5. The second-order valence-corrected chi connectivity index (χ2v) is 4.40. The van der Waals surface area contributed by atoms with Gasteiger partial charge >= 0.3 is 0 Å². The first-order chi connectivity index (χ1) is 10.6. The molecule has 6 heteroatoms. The van der Waals surface area contributed by atoms with Gasteiger partial charge in [0.1, 0.15) is 11.5 Å². The summed E-state index contributed by atoms with van der Waals surface area (Å²) < 4.78 is 12.9. The molecule has 4 N–H and O–H groups in total. The maximum absolute atomic E-state index is 12.9. The fraction of sp³-hybridized carbons (Fsp3) is 0. The molecule has 0 aliphatic heterocycles. The van der Waals surface area contributed by atoms with E-state index in [-0.39, 0.29) is 5.70 Å². The van der Waals surface area contributed by atoms with Crippen LogP contribution in [0, 0.1) is 5.82 Å². The Morgan fingerprint density at radius 1 is 1.00 bits per heavy atom. The first kappa shape index (κ1) is 15.4. The van der Waals surface area contributed by atoms with Gasteiger partial charge in [0.05, 0.1) is 0 Å². The third kappa shape index (κ3) is 4.00. The van der Waals surface area contributed by atoms with E-state index >= 15 is 0 Å². The molecule has 0 aromatic heterocycles. The Bertz CT molecular complexity index is 697. The van der Waals surface area contributed by atoms with E-state index in [2.05, 4.69) is 5.32 Å². The molecule has 2 aromatic carbocycles. The predicted octanol–water partition coefficient (Wildman–Crippen LogP) is 1.59. The number of benzene rings is 2. The van der Waals surface area contributed by atoms with Crippen LogP contribution in [0.25, 0.3) is 6.08 Å². The number of hydrogen-bond donors (Lipinski definition) is 3. The van der Waals surface area contributed by atoms with E-state index in [1.165, 1.54) is 30.3 Å². The van der Waals surface area contributed by atoms with Crippen molar-refractivity contribution < 1.29 is 14.0 Å². The topological polar surface area (TPSA) is 84.2 Å². The molecule has 0 aliphatic carbocycles. The lowest BCUT2D eigenvalue weighted by atomic mass is 10.1. The van der Waals surface area contributed by atoms with Crippen LogP contribution in [0.3, 0.4) is 0 Å². The highest BCUT2D eigenvalue weighted by Crippen LogP contribution is 2.08. The minimum atomic E-state index is -0.659. The van der Waals surface area contributed by atoms with Gasteiger partial charge in [0, 0.05) is 5.56 Å². The van der Waals surface area contributed by atoms with E-state index in [1.54, 1.807) is 30.3 Å². The van der Waals surface area contributed by atoms with Crippen molar-refractivity contribution in [2.45, 2.75) is 0 Å². The molecule has 0 bridgehead atoms. The highest BCUT2D eigenvalue weighted by molar-refractivity contribution is 6.05. The number of hydrazine groups is 1. The molecule has 0 spiro atoms. The summed E-state index contributed by atoms with van der Waals surface area (Å²) in [7, 11) is 0. The van der Waals surface area contributed by atoms with Crippen LogP contribution >= 0.6 is 0 Å². The first-order valence-corrected chi connectivity index (χ1v) is 6.45. The van der Waals surface area contributed by atoms with Crippen molar-refractivity contribution in [2.24, 2.45) is 5.84 Å². The smallest absolute Gasteiger partial charge is 0.281 e. The van der Waals surface area contributed by atoms with Crippen LogP contribution in [-0.2, 0) is 4.79 Å². The Kier molecular flexibility index (Phi) is 5.00. The molecular formula is C16H14FN3O2. The monoisotopic (exact) mass is 299 g/mol. The van der Waals surface area contributed by atoms with Crippen LogP contribution in [0.5, 0.6) is 0 Å². The fourth-order valence-electron chi connectivity index (χ4n) is 1.75. The van der Waals surface area contributed by atoms with Gasteiger partial charge in [0.2, 0.25) is 0 Å². The van der Waals surface area contributed by atoms with E-state index < -0.39 is 17.6 Å². The minimum Gasteiger partial charge on any atom is -0.317 e.